The lowest BCUT2D eigenvalue weighted by atomic mass is 9.86. The van der Waals surface area contributed by atoms with Gasteiger partial charge in [0.1, 0.15) is 11.5 Å². The quantitative estimate of drug-likeness (QED) is 0.170. The zero-order chi connectivity index (χ0) is 29.6. The Bertz CT molecular complexity index is 1480. The van der Waals surface area contributed by atoms with Gasteiger partial charge in [0.25, 0.3) is 0 Å². The molecule has 0 heterocycles. The van der Waals surface area contributed by atoms with Crippen LogP contribution in [0.3, 0.4) is 0 Å². The Hall–Kier alpha value is -3.94. The first-order valence-corrected chi connectivity index (χ1v) is 13.4. The Labute approximate surface area is 234 Å². The van der Waals surface area contributed by atoms with E-state index in [1.807, 2.05) is 27.7 Å². The van der Waals surface area contributed by atoms with E-state index in [-0.39, 0.29) is 23.3 Å². The van der Waals surface area contributed by atoms with Crippen LogP contribution >= 0.6 is 0 Å². The molecule has 2 nitrogen and oxygen atoms in total. The molecule has 0 aromatic heterocycles. The van der Waals surface area contributed by atoms with E-state index in [4.69, 9.17) is 9.47 Å². The Morgan fingerprint density at radius 2 is 0.878 bits per heavy atom. The van der Waals surface area contributed by atoms with E-state index in [1.54, 1.807) is 24.3 Å². The molecule has 41 heavy (non-hydrogen) atoms. The third-order valence-electron chi connectivity index (χ3n) is 6.97. The summed E-state index contributed by atoms with van der Waals surface area (Å²) in [5.41, 5.74) is 3.90. The summed E-state index contributed by atoms with van der Waals surface area (Å²) < 4.78 is 97.4. The van der Waals surface area contributed by atoms with Crippen LogP contribution in [-0.4, -0.2) is 12.2 Å². The fraction of sp³-hybridized carbons (Fsp3) is 0.273. The molecule has 214 valence electrons. The van der Waals surface area contributed by atoms with Gasteiger partial charge in [0.2, 0.25) is 0 Å². The van der Waals surface area contributed by atoms with E-state index in [2.05, 4.69) is 0 Å². The molecule has 8 heteroatoms. The van der Waals surface area contributed by atoms with Gasteiger partial charge in [-0.05, 0) is 117 Å². The van der Waals surface area contributed by atoms with Gasteiger partial charge in [0.15, 0.2) is 34.9 Å². The van der Waals surface area contributed by atoms with Gasteiger partial charge in [-0.1, -0.05) is 12.1 Å². The molecule has 0 N–H and O–H groups in total. The fourth-order valence-corrected chi connectivity index (χ4v) is 5.43. The van der Waals surface area contributed by atoms with E-state index in [0.717, 1.165) is 24.3 Å². The van der Waals surface area contributed by atoms with Crippen LogP contribution < -0.4 is 9.47 Å². The topological polar surface area (TPSA) is 18.5 Å². The number of benzene rings is 4. The van der Waals surface area contributed by atoms with Gasteiger partial charge in [0, 0.05) is 11.1 Å². The summed E-state index contributed by atoms with van der Waals surface area (Å²) in [5, 5.41) is 0. The maximum Gasteiger partial charge on any atom is 0.194 e. The molecular formula is C33H28F6O2. The average molecular weight is 571 g/mol. The Kier molecular flexibility index (Phi) is 7.77. The second-order valence-electron chi connectivity index (χ2n) is 10.6. The van der Waals surface area contributed by atoms with Crippen molar-refractivity contribution < 1.29 is 35.8 Å². The van der Waals surface area contributed by atoms with Crippen molar-refractivity contribution in [2.24, 2.45) is 0 Å². The van der Waals surface area contributed by atoms with Crippen LogP contribution in [0.2, 0.25) is 0 Å². The Morgan fingerprint density at radius 1 is 0.537 bits per heavy atom. The highest BCUT2D eigenvalue weighted by atomic mass is 19.2. The van der Waals surface area contributed by atoms with Gasteiger partial charge in [-0.2, -0.15) is 0 Å². The molecule has 0 radical (unpaired) electrons. The van der Waals surface area contributed by atoms with Crippen LogP contribution in [0.15, 0.2) is 48.5 Å². The van der Waals surface area contributed by atoms with Crippen molar-refractivity contribution in [2.45, 2.75) is 59.2 Å². The summed E-state index contributed by atoms with van der Waals surface area (Å²) in [6, 6.07) is 10.6. The Balaban J connectivity index is 1.87. The van der Waals surface area contributed by atoms with Crippen molar-refractivity contribution in [3.63, 3.8) is 0 Å². The number of ether oxygens (including phenoxy) is 2. The summed E-state index contributed by atoms with van der Waals surface area (Å²) in [6.45, 7) is 7.42. The molecule has 0 aliphatic heterocycles. The molecule has 0 unspecified atom stereocenters. The van der Waals surface area contributed by atoms with Crippen molar-refractivity contribution in [1.29, 1.82) is 0 Å². The lowest BCUT2D eigenvalue weighted by Crippen LogP contribution is -2.11. The van der Waals surface area contributed by atoms with Gasteiger partial charge in [0.05, 0.1) is 12.2 Å². The molecule has 5 rings (SSSR count). The third kappa shape index (κ3) is 5.39. The van der Waals surface area contributed by atoms with Crippen LogP contribution in [-0.2, 0) is 12.8 Å². The van der Waals surface area contributed by atoms with Crippen LogP contribution in [0.25, 0.3) is 33.4 Å². The maximum atomic E-state index is 14.3. The smallest absolute Gasteiger partial charge is 0.194 e. The fourth-order valence-electron chi connectivity index (χ4n) is 5.43. The van der Waals surface area contributed by atoms with E-state index in [1.165, 1.54) is 0 Å². The normalized spacial score (nSPS) is 12.8. The number of rotatable bonds is 6. The van der Waals surface area contributed by atoms with Gasteiger partial charge in [-0.3, -0.25) is 0 Å². The second kappa shape index (κ2) is 11.1. The van der Waals surface area contributed by atoms with E-state index in [0.29, 0.717) is 64.1 Å². The van der Waals surface area contributed by atoms with E-state index in [9.17, 15) is 26.3 Å². The van der Waals surface area contributed by atoms with Crippen LogP contribution in [0.1, 0.15) is 45.2 Å². The van der Waals surface area contributed by atoms with E-state index < -0.39 is 34.9 Å². The monoisotopic (exact) mass is 570 g/mol. The zero-order valence-electron chi connectivity index (χ0n) is 23.0. The SMILES string of the molecule is CC(C)Oc1ccc(-c2cc(F)c(F)c(F)c2)c2c1-c1c(OC(C)C)ccc(-c3cc(F)c(F)c(F)c3)c1CCC2. The molecule has 0 saturated heterocycles. The highest BCUT2D eigenvalue weighted by Gasteiger charge is 2.29. The Morgan fingerprint density at radius 3 is 1.20 bits per heavy atom. The van der Waals surface area contributed by atoms with Crippen molar-refractivity contribution in [3.8, 4) is 44.9 Å². The molecule has 4 aromatic rings. The van der Waals surface area contributed by atoms with Gasteiger partial charge in [-0.25, -0.2) is 26.3 Å². The summed E-state index contributed by atoms with van der Waals surface area (Å²) in [4.78, 5) is 0. The van der Waals surface area contributed by atoms with E-state index >= 15 is 0 Å². The lowest BCUT2D eigenvalue weighted by Gasteiger charge is -2.24. The average Bonchev–Trinajstić information content (AvgIpc) is 3.10. The minimum atomic E-state index is -1.55. The molecule has 0 fully saturated rings. The second-order valence-corrected chi connectivity index (χ2v) is 10.6. The van der Waals surface area contributed by atoms with Crippen molar-refractivity contribution >= 4 is 0 Å². The van der Waals surface area contributed by atoms with Crippen molar-refractivity contribution in [2.75, 3.05) is 0 Å². The lowest BCUT2D eigenvalue weighted by molar-refractivity contribution is 0.239. The summed E-state index contributed by atoms with van der Waals surface area (Å²) in [6.07, 6.45) is 0.962. The zero-order valence-corrected chi connectivity index (χ0v) is 23.0. The standard InChI is InChI=1S/C33H28F6O2/c1-16(2)40-28-10-8-20(18-12-24(34)32(38)25(35)13-18)22-6-5-7-23-21(19-14-26(36)33(39)27(37)15-19)9-11-29(41-17(3)4)31(23)30(22)28/h8-17H,5-7H2,1-4H3. The summed E-state index contributed by atoms with van der Waals surface area (Å²) >= 11 is 0. The number of hydrogen-bond donors (Lipinski definition) is 0. The maximum absolute atomic E-state index is 14.3. The molecule has 0 amide bonds. The minimum Gasteiger partial charge on any atom is -0.490 e. The summed E-state index contributed by atoms with van der Waals surface area (Å²) in [5.74, 6) is -7.39. The molecule has 0 saturated carbocycles. The molecule has 1 aliphatic carbocycles. The molecule has 0 atom stereocenters. The first-order chi connectivity index (χ1) is 19.5. The van der Waals surface area contributed by atoms with Crippen molar-refractivity contribution in [3.05, 3.63) is 94.6 Å². The number of fused-ring (bicyclic) bond motifs is 3. The third-order valence-corrected chi connectivity index (χ3v) is 6.97. The molecular weight excluding hydrogens is 542 g/mol. The van der Waals surface area contributed by atoms with Gasteiger partial charge in [-0.15, -0.1) is 0 Å². The predicted octanol–water partition coefficient (Wildman–Crippen LogP) is 9.59. The molecule has 0 spiro atoms. The van der Waals surface area contributed by atoms with Crippen molar-refractivity contribution in [1.82, 2.24) is 0 Å². The predicted molar refractivity (Wildman–Crippen MR) is 146 cm³/mol. The molecule has 4 aromatic carbocycles. The first-order valence-electron chi connectivity index (χ1n) is 13.4. The highest BCUT2D eigenvalue weighted by Crippen LogP contribution is 2.50. The van der Waals surface area contributed by atoms with Gasteiger partial charge >= 0.3 is 0 Å². The first kappa shape index (κ1) is 28.6. The van der Waals surface area contributed by atoms with Crippen LogP contribution in [0.5, 0.6) is 11.5 Å². The highest BCUT2D eigenvalue weighted by molar-refractivity contribution is 5.91. The molecule has 0 bridgehead atoms. The van der Waals surface area contributed by atoms with Crippen LogP contribution in [0, 0.1) is 34.9 Å². The van der Waals surface area contributed by atoms with Gasteiger partial charge < -0.3 is 9.47 Å². The largest absolute Gasteiger partial charge is 0.490 e. The summed E-state index contributed by atoms with van der Waals surface area (Å²) in [7, 11) is 0. The minimum absolute atomic E-state index is 0.155. The number of hydrogen-bond acceptors (Lipinski definition) is 2. The molecule has 1 aliphatic rings. The number of halogens is 6. The van der Waals surface area contributed by atoms with Crippen LogP contribution in [0.4, 0.5) is 26.3 Å².